The van der Waals surface area contributed by atoms with E-state index in [-0.39, 0.29) is 12.5 Å². The quantitative estimate of drug-likeness (QED) is 0.309. The van der Waals surface area contributed by atoms with E-state index in [9.17, 15) is 23.6 Å². The molecule has 1 fully saturated rings. The van der Waals surface area contributed by atoms with Crippen molar-refractivity contribution in [2.24, 2.45) is 5.92 Å². The highest BCUT2D eigenvalue weighted by Crippen LogP contribution is 2.54. The number of amides is 3. The molecular weight excluding hydrogens is 581 g/mol. The van der Waals surface area contributed by atoms with Crippen LogP contribution in [0.25, 0.3) is 0 Å². The molecule has 1 aromatic heterocycles. The van der Waals surface area contributed by atoms with Gasteiger partial charge in [0.1, 0.15) is 17.6 Å². The number of nitrogens with one attached hydrogen (secondary N) is 1. The van der Waals surface area contributed by atoms with Crippen LogP contribution in [0, 0.1) is 11.7 Å². The first-order chi connectivity index (χ1) is 20.3. The Kier molecular flexibility index (Phi) is 7.33. The maximum absolute atomic E-state index is 14.0. The predicted octanol–water partition coefficient (Wildman–Crippen LogP) is 4.50. The van der Waals surface area contributed by atoms with Gasteiger partial charge in [-0.2, -0.15) is 0 Å². The summed E-state index contributed by atoms with van der Waals surface area (Å²) in [5, 5.41) is 2.30. The van der Waals surface area contributed by atoms with Crippen molar-refractivity contribution in [3.63, 3.8) is 0 Å². The number of anilines is 2. The van der Waals surface area contributed by atoms with Crippen LogP contribution in [-0.4, -0.2) is 41.8 Å². The van der Waals surface area contributed by atoms with Crippen LogP contribution in [0.5, 0.6) is 11.5 Å². The molecular formula is C30H24FN3O6S2. The minimum Gasteiger partial charge on any atom is -0.493 e. The maximum Gasteiger partial charge on any atom is 0.308 e. The van der Waals surface area contributed by atoms with E-state index >= 15 is 0 Å². The molecule has 0 unspecified atom stereocenters. The first-order valence-electron chi connectivity index (χ1n) is 12.9. The van der Waals surface area contributed by atoms with Crippen molar-refractivity contribution in [2.45, 2.75) is 22.7 Å². The number of thioether (sulfide) groups is 1. The molecule has 12 heteroatoms. The molecule has 2 aliphatic heterocycles. The molecule has 3 atom stereocenters. The van der Waals surface area contributed by atoms with Gasteiger partial charge >= 0.3 is 4.87 Å². The molecule has 2 aliphatic rings. The summed E-state index contributed by atoms with van der Waals surface area (Å²) >= 11 is 2.07. The highest BCUT2D eigenvalue weighted by molar-refractivity contribution is 8.00. The van der Waals surface area contributed by atoms with Crippen LogP contribution in [0.4, 0.5) is 15.8 Å². The summed E-state index contributed by atoms with van der Waals surface area (Å²) in [5.41, 5.74) is 1.52. The zero-order chi connectivity index (χ0) is 29.5. The molecule has 0 aliphatic carbocycles. The molecule has 4 aromatic rings. The topological polar surface area (TPSA) is 107 Å². The number of benzene rings is 3. The van der Waals surface area contributed by atoms with Crippen LogP contribution in [0.3, 0.4) is 0 Å². The van der Waals surface area contributed by atoms with E-state index in [1.54, 1.807) is 48.5 Å². The second-order valence-corrected chi connectivity index (χ2v) is 11.8. The Balaban J connectivity index is 1.43. The first kappa shape index (κ1) is 27.7. The van der Waals surface area contributed by atoms with Crippen molar-refractivity contribution in [1.29, 1.82) is 0 Å². The fourth-order valence-electron chi connectivity index (χ4n) is 5.37. The maximum atomic E-state index is 14.0. The minimum absolute atomic E-state index is 0.324. The molecule has 0 bridgehead atoms. The average molecular weight is 606 g/mol. The largest absolute Gasteiger partial charge is 0.493 e. The van der Waals surface area contributed by atoms with Crippen LogP contribution in [-0.2, 0) is 20.9 Å². The molecule has 3 amide bonds. The number of ether oxygens (including phenoxy) is 2. The molecule has 9 nitrogen and oxygen atoms in total. The van der Waals surface area contributed by atoms with E-state index < -0.39 is 39.6 Å². The number of carbonyl (C=O) groups excluding carboxylic acids is 3. The lowest BCUT2D eigenvalue weighted by Crippen LogP contribution is -2.33. The van der Waals surface area contributed by atoms with Crippen molar-refractivity contribution in [3.8, 4) is 11.5 Å². The first-order valence-corrected chi connectivity index (χ1v) is 14.6. The van der Waals surface area contributed by atoms with Gasteiger partial charge in [0.05, 0.1) is 30.9 Å². The van der Waals surface area contributed by atoms with Gasteiger partial charge < -0.3 is 14.8 Å². The smallest absolute Gasteiger partial charge is 0.308 e. The zero-order valence-electron chi connectivity index (χ0n) is 22.4. The standard InChI is InChI=1S/C30H24FN3O6S2/c1-39-20-13-8-16(14-21(20)40-2)23-24-25(28(37)34(27(24)36)19-6-4-3-5-7-19)41-29-26(23)42-30(38)33(29)15-22(35)32-18-11-9-17(31)10-12-18/h3-14,23-25H,15H2,1-2H3,(H,32,35)/t23-,24-,25+/m0/s1. The second kappa shape index (κ2) is 11.1. The Bertz CT molecular complexity index is 1760. The number of rotatable bonds is 7. The number of thiazole rings is 1. The number of hydrogen-bond acceptors (Lipinski definition) is 8. The summed E-state index contributed by atoms with van der Waals surface area (Å²) < 4.78 is 25.6. The molecule has 214 valence electrons. The lowest BCUT2D eigenvalue weighted by Gasteiger charge is -2.31. The summed E-state index contributed by atoms with van der Waals surface area (Å²) in [6.07, 6.45) is 0. The molecule has 0 radical (unpaired) electrons. The van der Waals surface area contributed by atoms with Crippen molar-refractivity contribution < 1.29 is 28.2 Å². The van der Waals surface area contributed by atoms with Crippen LogP contribution in [0.2, 0.25) is 0 Å². The third-order valence-electron chi connectivity index (χ3n) is 7.26. The van der Waals surface area contributed by atoms with E-state index in [0.29, 0.717) is 38.3 Å². The summed E-state index contributed by atoms with van der Waals surface area (Å²) in [4.78, 5) is 55.5. The number of methoxy groups -OCH3 is 2. The molecule has 1 N–H and O–H groups in total. The SMILES string of the molecule is COc1ccc([C@@H]2c3sc(=O)n(CC(=O)Nc4ccc(F)cc4)c3S[C@H]3C(=O)N(c4ccccc4)C(=O)[C@@H]23)cc1OC. The van der Waals surface area contributed by atoms with Gasteiger partial charge in [0.15, 0.2) is 11.5 Å². The van der Waals surface area contributed by atoms with Gasteiger partial charge in [-0.25, -0.2) is 9.29 Å². The summed E-state index contributed by atoms with van der Waals surface area (Å²) in [6, 6.07) is 19.3. The molecule has 3 aromatic carbocycles. The van der Waals surface area contributed by atoms with Gasteiger partial charge in [-0.15, -0.1) is 0 Å². The summed E-state index contributed by atoms with van der Waals surface area (Å²) in [5.74, 6) is -2.21. The van der Waals surface area contributed by atoms with Crippen molar-refractivity contribution >= 4 is 52.2 Å². The Morgan fingerprint density at radius 1 is 0.929 bits per heavy atom. The number of nitrogens with zero attached hydrogens (tertiary/aromatic N) is 2. The van der Waals surface area contributed by atoms with E-state index in [0.717, 1.165) is 23.1 Å². The minimum atomic E-state index is -0.830. The van der Waals surface area contributed by atoms with E-state index in [1.807, 2.05) is 0 Å². The van der Waals surface area contributed by atoms with Gasteiger partial charge in [-0.1, -0.05) is 47.4 Å². The van der Waals surface area contributed by atoms with Crippen molar-refractivity contribution in [3.05, 3.63) is 98.7 Å². The normalized spacial score (nSPS) is 19.3. The molecule has 3 heterocycles. The molecule has 0 saturated carbocycles. The van der Waals surface area contributed by atoms with Gasteiger partial charge in [0, 0.05) is 16.5 Å². The molecule has 6 rings (SSSR count). The fourth-order valence-corrected chi connectivity index (χ4v) is 8.14. The van der Waals surface area contributed by atoms with E-state index in [4.69, 9.17) is 9.47 Å². The number of carbonyl (C=O) groups is 3. The number of fused-ring (bicyclic) bond motifs is 2. The number of halogens is 1. The monoisotopic (exact) mass is 605 g/mol. The summed E-state index contributed by atoms with van der Waals surface area (Å²) in [6.45, 7) is -0.324. The Labute approximate surface area is 247 Å². The molecule has 0 spiro atoms. The Hall–Kier alpha value is -4.42. The third-order valence-corrected chi connectivity index (χ3v) is 9.86. The lowest BCUT2D eigenvalue weighted by molar-refractivity contribution is -0.122. The fraction of sp³-hybridized carbons (Fsp3) is 0.200. The highest BCUT2D eigenvalue weighted by atomic mass is 32.2. The highest BCUT2D eigenvalue weighted by Gasteiger charge is 2.57. The number of para-hydroxylation sites is 1. The zero-order valence-corrected chi connectivity index (χ0v) is 24.0. The predicted molar refractivity (Wildman–Crippen MR) is 157 cm³/mol. The van der Waals surface area contributed by atoms with Crippen LogP contribution in [0.1, 0.15) is 16.4 Å². The van der Waals surface area contributed by atoms with Crippen LogP contribution >= 0.6 is 23.1 Å². The van der Waals surface area contributed by atoms with Gasteiger partial charge in [-0.05, 0) is 54.1 Å². The number of hydrogen-bond donors (Lipinski definition) is 1. The van der Waals surface area contributed by atoms with Crippen molar-refractivity contribution in [1.82, 2.24) is 4.57 Å². The van der Waals surface area contributed by atoms with Crippen molar-refractivity contribution in [2.75, 3.05) is 24.4 Å². The van der Waals surface area contributed by atoms with Gasteiger partial charge in [0.2, 0.25) is 17.7 Å². The lowest BCUT2D eigenvalue weighted by atomic mass is 9.83. The van der Waals surface area contributed by atoms with Crippen LogP contribution in [0.15, 0.2) is 82.6 Å². The second-order valence-electron chi connectivity index (χ2n) is 9.68. The third kappa shape index (κ3) is 4.76. The average Bonchev–Trinajstić information content (AvgIpc) is 3.44. The molecule has 1 saturated heterocycles. The Morgan fingerprint density at radius 3 is 2.33 bits per heavy atom. The van der Waals surface area contributed by atoms with E-state index in [2.05, 4.69) is 5.32 Å². The van der Waals surface area contributed by atoms with E-state index in [1.165, 1.54) is 48.0 Å². The number of imide groups is 1. The van der Waals surface area contributed by atoms with Gasteiger partial charge in [0.25, 0.3) is 0 Å². The number of aromatic nitrogens is 1. The van der Waals surface area contributed by atoms with Gasteiger partial charge in [-0.3, -0.25) is 23.7 Å². The Morgan fingerprint density at radius 2 is 1.64 bits per heavy atom. The molecule has 42 heavy (non-hydrogen) atoms. The van der Waals surface area contributed by atoms with Crippen LogP contribution < -0.4 is 24.6 Å². The summed E-state index contributed by atoms with van der Waals surface area (Å²) in [7, 11) is 3.02.